The Hall–Kier alpha value is -1.71. The van der Waals surface area contributed by atoms with Crippen LogP contribution in [-0.4, -0.2) is 25.7 Å². The lowest BCUT2D eigenvalue weighted by atomic mass is 10.2. The van der Waals surface area contributed by atoms with Crippen LogP contribution in [-0.2, 0) is 6.42 Å². The SMILES string of the molecule is CCCCCNC(=O)NCCOc1ccc(CC)cc1. The van der Waals surface area contributed by atoms with Gasteiger partial charge in [0.05, 0.1) is 6.54 Å². The van der Waals surface area contributed by atoms with Crippen molar-refractivity contribution in [2.24, 2.45) is 0 Å². The first-order chi connectivity index (χ1) is 9.76. The number of ether oxygens (including phenoxy) is 1. The third-order valence-electron chi connectivity index (χ3n) is 3.05. The van der Waals surface area contributed by atoms with Crippen molar-refractivity contribution in [2.75, 3.05) is 19.7 Å². The van der Waals surface area contributed by atoms with Crippen LogP contribution in [0.5, 0.6) is 5.75 Å². The monoisotopic (exact) mass is 278 g/mol. The summed E-state index contributed by atoms with van der Waals surface area (Å²) < 4.78 is 5.56. The minimum absolute atomic E-state index is 0.119. The Morgan fingerprint density at radius 3 is 2.40 bits per heavy atom. The van der Waals surface area contributed by atoms with E-state index in [1.54, 1.807) is 0 Å². The molecule has 0 saturated heterocycles. The van der Waals surface area contributed by atoms with Gasteiger partial charge in [-0.3, -0.25) is 0 Å². The Morgan fingerprint density at radius 1 is 1.05 bits per heavy atom. The standard InChI is InChI=1S/C16H26N2O2/c1-3-5-6-11-17-16(19)18-12-13-20-15-9-7-14(4-2)8-10-15/h7-10H,3-6,11-13H2,1-2H3,(H2,17,18,19). The predicted molar refractivity (Wildman–Crippen MR) is 82.2 cm³/mol. The Morgan fingerprint density at radius 2 is 1.75 bits per heavy atom. The molecule has 2 N–H and O–H groups in total. The Bertz CT molecular complexity index is 377. The van der Waals surface area contributed by atoms with Crippen LogP contribution in [0.2, 0.25) is 0 Å². The van der Waals surface area contributed by atoms with Gasteiger partial charge in [-0.25, -0.2) is 4.79 Å². The minimum Gasteiger partial charge on any atom is -0.492 e. The Labute approximate surface area is 121 Å². The van der Waals surface area contributed by atoms with Crippen molar-refractivity contribution in [3.05, 3.63) is 29.8 Å². The zero-order valence-corrected chi connectivity index (χ0v) is 12.6. The first-order valence-electron chi connectivity index (χ1n) is 7.49. The molecule has 0 unspecified atom stereocenters. The number of nitrogens with one attached hydrogen (secondary N) is 2. The molecule has 0 aliphatic carbocycles. The topological polar surface area (TPSA) is 50.4 Å². The summed E-state index contributed by atoms with van der Waals surface area (Å²) in [4.78, 5) is 11.4. The molecule has 0 aliphatic heterocycles. The highest BCUT2D eigenvalue weighted by Gasteiger charge is 1.99. The second-order valence-electron chi connectivity index (χ2n) is 4.74. The average Bonchev–Trinajstić information content (AvgIpc) is 2.49. The van der Waals surface area contributed by atoms with E-state index in [1.165, 1.54) is 5.56 Å². The van der Waals surface area contributed by atoms with Crippen molar-refractivity contribution >= 4 is 6.03 Å². The maximum Gasteiger partial charge on any atom is 0.314 e. The maximum absolute atomic E-state index is 11.4. The molecule has 0 aliphatic rings. The van der Waals surface area contributed by atoms with Crippen LogP contribution >= 0.6 is 0 Å². The lowest BCUT2D eigenvalue weighted by molar-refractivity contribution is 0.236. The minimum atomic E-state index is -0.119. The molecule has 0 radical (unpaired) electrons. The van der Waals surface area contributed by atoms with Crippen LogP contribution in [0.3, 0.4) is 0 Å². The molecule has 1 rings (SSSR count). The molecule has 0 saturated carbocycles. The van der Waals surface area contributed by atoms with E-state index in [0.717, 1.165) is 38.0 Å². The fraction of sp³-hybridized carbons (Fsp3) is 0.562. The van der Waals surface area contributed by atoms with Gasteiger partial charge in [0.2, 0.25) is 0 Å². The largest absolute Gasteiger partial charge is 0.492 e. The summed E-state index contributed by atoms with van der Waals surface area (Å²) in [6.07, 6.45) is 4.37. The highest BCUT2D eigenvalue weighted by molar-refractivity contribution is 5.73. The molecular weight excluding hydrogens is 252 g/mol. The van der Waals surface area contributed by atoms with Crippen molar-refractivity contribution in [3.63, 3.8) is 0 Å². The van der Waals surface area contributed by atoms with Gasteiger partial charge in [-0.15, -0.1) is 0 Å². The number of hydrogen-bond acceptors (Lipinski definition) is 2. The molecule has 4 nitrogen and oxygen atoms in total. The molecule has 0 fully saturated rings. The number of carbonyl (C=O) groups is 1. The van der Waals surface area contributed by atoms with Gasteiger partial charge in [0, 0.05) is 6.54 Å². The van der Waals surface area contributed by atoms with E-state index in [1.807, 2.05) is 12.1 Å². The number of amides is 2. The molecule has 0 aromatic heterocycles. The van der Waals surface area contributed by atoms with Crippen LogP contribution in [0.1, 0.15) is 38.7 Å². The van der Waals surface area contributed by atoms with Crippen molar-refractivity contribution < 1.29 is 9.53 Å². The van der Waals surface area contributed by atoms with Crippen molar-refractivity contribution in [1.82, 2.24) is 10.6 Å². The first kappa shape index (κ1) is 16.3. The molecule has 0 spiro atoms. The quantitative estimate of drug-likeness (QED) is 0.682. The van der Waals surface area contributed by atoms with Gasteiger partial charge in [0.15, 0.2) is 0 Å². The molecule has 2 amide bonds. The zero-order chi connectivity index (χ0) is 14.6. The fourth-order valence-corrected chi connectivity index (χ4v) is 1.79. The number of aryl methyl sites for hydroxylation is 1. The molecule has 0 bridgehead atoms. The normalized spacial score (nSPS) is 10.1. The van der Waals surface area contributed by atoms with Gasteiger partial charge in [-0.05, 0) is 30.5 Å². The molecule has 20 heavy (non-hydrogen) atoms. The average molecular weight is 278 g/mol. The summed E-state index contributed by atoms with van der Waals surface area (Å²) >= 11 is 0. The highest BCUT2D eigenvalue weighted by Crippen LogP contribution is 2.11. The molecule has 0 atom stereocenters. The van der Waals surface area contributed by atoms with E-state index < -0.39 is 0 Å². The third kappa shape index (κ3) is 7.02. The van der Waals surface area contributed by atoms with E-state index in [-0.39, 0.29) is 6.03 Å². The zero-order valence-electron chi connectivity index (χ0n) is 12.6. The number of carbonyl (C=O) groups excluding carboxylic acids is 1. The number of unbranched alkanes of at least 4 members (excludes halogenated alkanes) is 2. The van der Waals surface area contributed by atoms with Crippen molar-refractivity contribution in [3.8, 4) is 5.75 Å². The summed E-state index contributed by atoms with van der Waals surface area (Å²) in [6, 6.07) is 7.92. The summed E-state index contributed by atoms with van der Waals surface area (Å²) in [5.41, 5.74) is 1.29. The first-order valence-corrected chi connectivity index (χ1v) is 7.49. The summed E-state index contributed by atoms with van der Waals surface area (Å²) in [6.45, 7) is 5.99. The molecule has 1 aromatic carbocycles. The Kier molecular flexibility index (Phi) is 8.27. The number of urea groups is 1. The van der Waals surface area contributed by atoms with Crippen LogP contribution in [0.4, 0.5) is 4.79 Å². The fourth-order valence-electron chi connectivity index (χ4n) is 1.79. The Balaban J connectivity index is 2.07. The maximum atomic E-state index is 11.4. The van der Waals surface area contributed by atoms with E-state index in [9.17, 15) is 4.79 Å². The molecule has 4 heteroatoms. The molecule has 0 heterocycles. The van der Waals surface area contributed by atoms with Gasteiger partial charge in [0.25, 0.3) is 0 Å². The summed E-state index contributed by atoms with van der Waals surface area (Å²) in [5.74, 6) is 0.840. The second kappa shape index (κ2) is 10.1. The molecular formula is C16H26N2O2. The lowest BCUT2D eigenvalue weighted by Gasteiger charge is -2.09. The van der Waals surface area contributed by atoms with Crippen LogP contribution < -0.4 is 15.4 Å². The second-order valence-corrected chi connectivity index (χ2v) is 4.74. The molecule has 1 aromatic rings. The van der Waals surface area contributed by atoms with Crippen LogP contribution in [0.25, 0.3) is 0 Å². The number of rotatable bonds is 9. The van der Waals surface area contributed by atoms with E-state index in [2.05, 4.69) is 36.6 Å². The summed E-state index contributed by atoms with van der Waals surface area (Å²) in [7, 11) is 0. The van der Waals surface area contributed by atoms with Gasteiger partial charge < -0.3 is 15.4 Å². The third-order valence-corrected chi connectivity index (χ3v) is 3.05. The van der Waals surface area contributed by atoms with E-state index in [4.69, 9.17) is 4.74 Å². The number of hydrogen-bond donors (Lipinski definition) is 2. The van der Waals surface area contributed by atoms with Crippen LogP contribution in [0, 0.1) is 0 Å². The predicted octanol–water partition coefficient (Wildman–Crippen LogP) is 3.12. The van der Waals surface area contributed by atoms with Crippen molar-refractivity contribution in [1.29, 1.82) is 0 Å². The number of benzene rings is 1. The van der Waals surface area contributed by atoms with E-state index >= 15 is 0 Å². The van der Waals surface area contributed by atoms with Gasteiger partial charge in [-0.2, -0.15) is 0 Å². The van der Waals surface area contributed by atoms with E-state index in [0.29, 0.717) is 13.2 Å². The lowest BCUT2D eigenvalue weighted by Crippen LogP contribution is -2.38. The van der Waals surface area contributed by atoms with Gasteiger partial charge >= 0.3 is 6.03 Å². The highest BCUT2D eigenvalue weighted by atomic mass is 16.5. The van der Waals surface area contributed by atoms with Gasteiger partial charge in [-0.1, -0.05) is 38.8 Å². The smallest absolute Gasteiger partial charge is 0.314 e. The molecule has 112 valence electrons. The van der Waals surface area contributed by atoms with Gasteiger partial charge in [0.1, 0.15) is 12.4 Å². The van der Waals surface area contributed by atoms with Crippen molar-refractivity contribution in [2.45, 2.75) is 39.5 Å². The van der Waals surface area contributed by atoms with Crippen LogP contribution in [0.15, 0.2) is 24.3 Å². The summed E-state index contributed by atoms with van der Waals surface area (Å²) in [5, 5.41) is 5.60.